The van der Waals surface area contributed by atoms with Gasteiger partial charge in [0.2, 0.25) is 0 Å². The maximum Gasteiger partial charge on any atom is 0.416 e. The Morgan fingerprint density at radius 2 is 1.97 bits per heavy atom. The van der Waals surface area contributed by atoms with Crippen molar-refractivity contribution in [2.24, 2.45) is 0 Å². The SMILES string of the molecule is O=C(O)NCCN1C(=O)SC(=Cc2ccc3c(cnn3Cc3ccc(Cl)cc3C(F)(F)F)c2)C1=O. The fraction of sp³-hybridized carbons (Fsp3) is 0.182. The average Bonchev–Trinajstić information content (AvgIpc) is 3.29. The Labute approximate surface area is 205 Å². The normalized spacial score (nSPS) is 15.4. The summed E-state index contributed by atoms with van der Waals surface area (Å²) in [5, 5.41) is 15.0. The average molecular weight is 525 g/mol. The number of hydrogen-bond donors (Lipinski definition) is 2. The third-order valence-electron chi connectivity index (χ3n) is 5.15. The Morgan fingerprint density at radius 1 is 1.20 bits per heavy atom. The number of nitrogens with zero attached hydrogens (tertiary/aromatic N) is 3. The first-order valence-corrected chi connectivity index (χ1v) is 11.3. The molecule has 0 spiro atoms. The fourth-order valence-corrected chi connectivity index (χ4v) is 4.59. The molecule has 3 amide bonds. The highest BCUT2D eigenvalue weighted by molar-refractivity contribution is 8.18. The fourth-order valence-electron chi connectivity index (χ4n) is 3.55. The second-order valence-electron chi connectivity index (χ2n) is 7.48. The molecule has 2 N–H and O–H groups in total. The summed E-state index contributed by atoms with van der Waals surface area (Å²) in [6, 6.07) is 8.61. The van der Waals surface area contributed by atoms with Gasteiger partial charge in [-0.3, -0.25) is 19.2 Å². The number of amides is 3. The van der Waals surface area contributed by atoms with Gasteiger partial charge in [-0.1, -0.05) is 23.7 Å². The molecule has 1 aliphatic heterocycles. The van der Waals surface area contributed by atoms with Crippen LogP contribution < -0.4 is 5.32 Å². The van der Waals surface area contributed by atoms with Gasteiger partial charge < -0.3 is 10.4 Å². The quantitative estimate of drug-likeness (QED) is 0.437. The maximum atomic E-state index is 13.4. The molecule has 13 heteroatoms. The number of fused-ring (bicyclic) bond motifs is 1. The smallest absolute Gasteiger partial charge is 0.416 e. The minimum atomic E-state index is -4.57. The predicted molar refractivity (Wildman–Crippen MR) is 124 cm³/mol. The van der Waals surface area contributed by atoms with Crippen molar-refractivity contribution in [3.63, 3.8) is 0 Å². The summed E-state index contributed by atoms with van der Waals surface area (Å²) < 4.78 is 41.7. The first-order valence-electron chi connectivity index (χ1n) is 10.1. The molecule has 0 aliphatic carbocycles. The second kappa shape index (κ2) is 9.62. The number of halogens is 4. The number of carbonyl (C=O) groups excluding carboxylic acids is 2. The summed E-state index contributed by atoms with van der Waals surface area (Å²) in [5.74, 6) is -0.537. The van der Waals surface area contributed by atoms with Gasteiger partial charge in [0.1, 0.15) is 0 Å². The number of hydrogen-bond acceptors (Lipinski definition) is 5. The molecule has 1 aliphatic rings. The lowest BCUT2D eigenvalue weighted by Gasteiger charge is -2.14. The van der Waals surface area contributed by atoms with Crippen molar-refractivity contribution in [2.45, 2.75) is 12.7 Å². The Bertz CT molecular complexity index is 1370. The standard InChI is InChI=1S/C22H16ClF3N4O4S/c23-15-3-2-13(16(9-15)22(24,25)26)11-30-17-4-1-12(7-14(17)10-28-30)8-18-19(31)29(21(34)35-18)6-5-27-20(32)33/h1-4,7-10,27H,5-6,11H2,(H,32,33). The monoisotopic (exact) mass is 524 g/mol. The van der Waals surface area contributed by atoms with E-state index in [0.717, 1.165) is 22.7 Å². The zero-order valence-corrected chi connectivity index (χ0v) is 19.2. The van der Waals surface area contributed by atoms with Crippen LogP contribution in [-0.4, -0.2) is 50.1 Å². The van der Waals surface area contributed by atoms with Crippen LogP contribution in [0.3, 0.4) is 0 Å². The number of carbonyl (C=O) groups is 3. The summed E-state index contributed by atoms with van der Waals surface area (Å²) in [4.78, 5) is 36.3. The van der Waals surface area contributed by atoms with Crippen LogP contribution in [0.1, 0.15) is 16.7 Å². The number of alkyl halides is 3. The summed E-state index contributed by atoms with van der Waals surface area (Å²) in [7, 11) is 0. The van der Waals surface area contributed by atoms with Crippen LogP contribution in [0.15, 0.2) is 47.5 Å². The molecule has 2 aromatic carbocycles. The van der Waals surface area contributed by atoms with E-state index >= 15 is 0 Å². The van der Waals surface area contributed by atoms with Gasteiger partial charge in [-0.05, 0) is 53.2 Å². The van der Waals surface area contributed by atoms with Crippen molar-refractivity contribution in [1.29, 1.82) is 0 Å². The largest absolute Gasteiger partial charge is 0.465 e. The van der Waals surface area contributed by atoms with Crippen LogP contribution in [0.5, 0.6) is 0 Å². The highest BCUT2D eigenvalue weighted by Gasteiger charge is 2.35. The van der Waals surface area contributed by atoms with E-state index in [1.807, 2.05) is 0 Å². The summed E-state index contributed by atoms with van der Waals surface area (Å²) in [6.07, 6.45) is -2.80. The molecule has 3 aromatic rings. The molecule has 8 nitrogen and oxygen atoms in total. The Hall–Kier alpha value is -3.51. The topological polar surface area (TPSA) is 105 Å². The molecular weight excluding hydrogens is 509 g/mol. The molecule has 35 heavy (non-hydrogen) atoms. The molecular formula is C22H16ClF3N4O4S. The van der Waals surface area contributed by atoms with E-state index in [0.29, 0.717) is 16.5 Å². The number of thioether (sulfide) groups is 1. The number of rotatable bonds is 6. The van der Waals surface area contributed by atoms with Crippen molar-refractivity contribution in [2.75, 3.05) is 13.1 Å². The highest BCUT2D eigenvalue weighted by atomic mass is 35.5. The number of aromatic nitrogens is 2. The Balaban J connectivity index is 1.55. The summed E-state index contributed by atoms with van der Waals surface area (Å²) in [6.45, 7) is -0.307. The number of nitrogens with one attached hydrogen (secondary N) is 1. The lowest BCUT2D eigenvalue weighted by Crippen LogP contribution is -2.36. The van der Waals surface area contributed by atoms with Gasteiger partial charge in [-0.25, -0.2) is 4.79 Å². The summed E-state index contributed by atoms with van der Waals surface area (Å²) in [5.41, 5.74) is 0.355. The van der Waals surface area contributed by atoms with Crippen LogP contribution >= 0.6 is 23.4 Å². The van der Waals surface area contributed by atoms with Crippen molar-refractivity contribution < 1.29 is 32.7 Å². The van der Waals surface area contributed by atoms with Crippen molar-refractivity contribution in [3.05, 3.63) is 69.2 Å². The third-order valence-corrected chi connectivity index (χ3v) is 6.29. The van der Waals surface area contributed by atoms with E-state index in [1.165, 1.54) is 29.1 Å². The van der Waals surface area contributed by atoms with Crippen LogP contribution in [0.2, 0.25) is 5.02 Å². The summed E-state index contributed by atoms with van der Waals surface area (Å²) >= 11 is 6.49. The van der Waals surface area contributed by atoms with E-state index in [4.69, 9.17) is 16.7 Å². The van der Waals surface area contributed by atoms with Gasteiger partial charge in [0.15, 0.2) is 0 Å². The van der Waals surface area contributed by atoms with E-state index < -0.39 is 29.0 Å². The number of imide groups is 1. The van der Waals surface area contributed by atoms with Crippen LogP contribution in [0.25, 0.3) is 17.0 Å². The molecule has 0 saturated carbocycles. The molecule has 0 unspecified atom stereocenters. The van der Waals surface area contributed by atoms with Gasteiger partial charge in [-0.2, -0.15) is 18.3 Å². The molecule has 4 rings (SSSR count). The second-order valence-corrected chi connectivity index (χ2v) is 8.91. The lowest BCUT2D eigenvalue weighted by molar-refractivity contribution is -0.138. The van der Waals surface area contributed by atoms with Crippen molar-refractivity contribution >= 4 is 57.6 Å². The van der Waals surface area contributed by atoms with Gasteiger partial charge >= 0.3 is 12.3 Å². The molecule has 182 valence electrons. The van der Waals surface area contributed by atoms with E-state index in [-0.39, 0.29) is 35.1 Å². The highest BCUT2D eigenvalue weighted by Crippen LogP contribution is 2.35. The number of carboxylic acid groups (broad SMARTS) is 1. The Kier molecular flexibility index (Phi) is 6.77. The molecule has 0 atom stereocenters. The lowest BCUT2D eigenvalue weighted by atomic mass is 10.1. The zero-order chi connectivity index (χ0) is 25.3. The molecule has 1 aromatic heterocycles. The van der Waals surface area contributed by atoms with E-state index in [1.54, 1.807) is 18.2 Å². The molecule has 1 saturated heterocycles. The van der Waals surface area contributed by atoms with Gasteiger partial charge in [0, 0.05) is 23.5 Å². The molecule has 2 heterocycles. The maximum absolute atomic E-state index is 13.4. The third kappa shape index (κ3) is 5.43. The number of benzene rings is 2. The first kappa shape index (κ1) is 24.6. The van der Waals surface area contributed by atoms with Crippen LogP contribution in [0.4, 0.5) is 22.8 Å². The molecule has 1 fully saturated rings. The predicted octanol–water partition coefficient (Wildman–Crippen LogP) is 5.06. The van der Waals surface area contributed by atoms with Crippen LogP contribution in [-0.2, 0) is 17.5 Å². The first-order chi connectivity index (χ1) is 16.5. The van der Waals surface area contributed by atoms with Crippen LogP contribution in [0, 0.1) is 0 Å². The minimum Gasteiger partial charge on any atom is -0.465 e. The van der Waals surface area contributed by atoms with E-state index in [2.05, 4.69) is 10.4 Å². The minimum absolute atomic E-state index is 0.0152. The van der Waals surface area contributed by atoms with E-state index in [9.17, 15) is 27.6 Å². The molecule has 0 radical (unpaired) electrons. The van der Waals surface area contributed by atoms with Gasteiger partial charge in [-0.15, -0.1) is 0 Å². The van der Waals surface area contributed by atoms with Gasteiger partial charge in [0.25, 0.3) is 11.1 Å². The van der Waals surface area contributed by atoms with Crippen molar-refractivity contribution in [3.8, 4) is 0 Å². The zero-order valence-electron chi connectivity index (χ0n) is 17.7. The van der Waals surface area contributed by atoms with Gasteiger partial charge in [0.05, 0.1) is 28.7 Å². The molecule has 0 bridgehead atoms. The van der Waals surface area contributed by atoms with Crippen molar-refractivity contribution in [1.82, 2.24) is 20.0 Å². The Morgan fingerprint density at radius 3 is 2.69 bits per heavy atom.